The summed E-state index contributed by atoms with van der Waals surface area (Å²) in [6.45, 7) is 15.6. The molecule has 1 aromatic carbocycles. The number of aromatic nitrogens is 2. The SMILES string of the molecule is C=C[C@]1(OC(=O)n2ccnc2)/C=C(\C)C(=O)C(C)C[C@](C)(OC)[C@H](OC2OC(C)C[C@H](N(C)C)[C@H]2OC(=O)c2ccccc2)C(C)C(=O)C(C)C(=O)OC1CC. The van der Waals surface area contributed by atoms with Gasteiger partial charge in [-0.15, -0.1) is 0 Å². The number of carbonyl (C=O) groups excluding carboxylic acids is 5. The molecule has 6 unspecified atom stereocenters. The summed E-state index contributed by atoms with van der Waals surface area (Å²) in [4.78, 5) is 75.2. The minimum atomic E-state index is -1.80. The van der Waals surface area contributed by atoms with Crippen LogP contribution in [0.3, 0.4) is 0 Å². The molecule has 2 aliphatic heterocycles. The van der Waals surface area contributed by atoms with Crippen molar-refractivity contribution in [3.05, 3.63) is 78.9 Å². The van der Waals surface area contributed by atoms with Gasteiger partial charge in [0, 0.05) is 31.3 Å². The maximum Gasteiger partial charge on any atom is 0.420 e. The van der Waals surface area contributed by atoms with Gasteiger partial charge in [0.05, 0.1) is 29.4 Å². The van der Waals surface area contributed by atoms with Crippen LogP contribution in [0.15, 0.2) is 73.4 Å². The highest BCUT2D eigenvalue weighted by atomic mass is 16.7. The number of Topliss-reactive ketones (excluding diaryl/α,β-unsaturated/α-hetero) is 2. The second-order valence-electron chi connectivity index (χ2n) is 15.3. The molecule has 0 spiro atoms. The molecule has 0 aliphatic carbocycles. The van der Waals surface area contributed by atoms with E-state index in [-0.39, 0.29) is 36.3 Å². The molecular formula is C42H57N3O11. The monoisotopic (exact) mass is 779 g/mol. The molecular weight excluding hydrogens is 722 g/mol. The van der Waals surface area contributed by atoms with E-state index in [9.17, 15) is 24.0 Å². The zero-order valence-corrected chi connectivity index (χ0v) is 34.1. The number of carbonyl (C=O) groups is 5. The maximum absolute atomic E-state index is 14.5. The fourth-order valence-electron chi connectivity index (χ4n) is 7.67. The van der Waals surface area contributed by atoms with E-state index in [2.05, 4.69) is 11.6 Å². The van der Waals surface area contributed by atoms with E-state index >= 15 is 0 Å². The molecule has 0 amide bonds. The van der Waals surface area contributed by atoms with Gasteiger partial charge in [-0.2, -0.15) is 0 Å². The molecule has 11 atom stereocenters. The third-order valence-electron chi connectivity index (χ3n) is 11.0. The fourth-order valence-corrected chi connectivity index (χ4v) is 7.67. The highest BCUT2D eigenvalue weighted by molar-refractivity contribution is 6.00. The van der Waals surface area contributed by atoms with E-state index in [1.165, 1.54) is 44.9 Å². The Labute approximate surface area is 329 Å². The largest absolute Gasteiger partial charge is 0.457 e. The van der Waals surface area contributed by atoms with Gasteiger partial charge < -0.3 is 33.3 Å². The molecule has 306 valence electrons. The summed E-state index contributed by atoms with van der Waals surface area (Å²) in [7, 11) is 5.20. The van der Waals surface area contributed by atoms with Crippen molar-refractivity contribution in [3.63, 3.8) is 0 Å². The van der Waals surface area contributed by atoms with E-state index in [1.54, 1.807) is 65.0 Å². The topological polar surface area (TPSA) is 162 Å². The van der Waals surface area contributed by atoms with Crippen LogP contribution in [0.5, 0.6) is 0 Å². The Kier molecular flexibility index (Phi) is 14.7. The average molecular weight is 780 g/mol. The predicted molar refractivity (Wildman–Crippen MR) is 205 cm³/mol. The second kappa shape index (κ2) is 18.6. The first-order valence-corrected chi connectivity index (χ1v) is 19.0. The Morgan fingerprint density at radius 1 is 1.11 bits per heavy atom. The van der Waals surface area contributed by atoms with Crippen LogP contribution in [0.4, 0.5) is 4.79 Å². The lowest BCUT2D eigenvalue weighted by molar-refractivity contribution is -0.294. The number of imidazole rings is 1. The summed E-state index contributed by atoms with van der Waals surface area (Å²) >= 11 is 0. The van der Waals surface area contributed by atoms with Crippen molar-refractivity contribution in [3.8, 4) is 0 Å². The molecule has 14 heteroatoms. The Morgan fingerprint density at radius 3 is 2.36 bits per heavy atom. The number of hydrogen-bond donors (Lipinski definition) is 0. The highest BCUT2D eigenvalue weighted by Crippen LogP contribution is 2.38. The van der Waals surface area contributed by atoms with E-state index < -0.39 is 77.4 Å². The van der Waals surface area contributed by atoms with Gasteiger partial charge >= 0.3 is 18.0 Å². The lowest BCUT2D eigenvalue weighted by atomic mass is 9.76. The Morgan fingerprint density at radius 2 is 1.79 bits per heavy atom. The summed E-state index contributed by atoms with van der Waals surface area (Å²) < 4.78 is 38.5. The molecule has 0 N–H and O–H groups in total. The molecule has 3 heterocycles. The van der Waals surface area contributed by atoms with Gasteiger partial charge in [-0.25, -0.2) is 19.1 Å². The molecule has 2 aliphatic rings. The zero-order valence-electron chi connectivity index (χ0n) is 34.1. The molecule has 1 saturated heterocycles. The van der Waals surface area contributed by atoms with Crippen LogP contribution in [0.1, 0.15) is 78.1 Å². The van der Waals surface area contributed by atoms with Gasteiger partial charge in [0.1, 0.15) is 18.3 Å². The van der Waals surface area contributed by atoms with E-state index in [0.29, 0.717) is 12.0 Å². The molecule has 1 fully saturated rings. The zero-order chi connectivity index (χ0) is 41.5. The smallest absolute Gasteiger partial charge is 0.420 e. The van der Waals surface area contributed by atoms with Gasteiger partial charge in [-0.05, 0) is 90.9 Å². The number of esters is 2. The maximum atomic E-state index is 14.5. The van der Waals surface area contributed by atoms with Crippen LogP contribution in [0, 0.1) is 17.8 Å². The number of ether oxygens (including phenoxy) is 6. The number of nitrogens with zero attached hydrogens (tertiary/aromatic N) is 3. The Bertz CT molecular complexity index is 1740. The molecule has 0 radical (unpaired) electrons. The molecule has 2 aromatic rings. The average Bonchev–Trinajstić information content (AvgIpc) is 3.73. The van der Waals surface area contributed by atoms with Crippen LogP contribution in [0.25, 0.3) is 0 Å². The fraction of sp³-hybridized carbons (Fsp3) is 0.571. The molecule has 14 nitrogen and oxygen atoms in total. The number of methoxy groups -OCH3 is 1. The summed E-state index contributed by atoms with van der Waals surface area (Å²) in [6, 6.07) is 8.23. The van der Waals surface area contributed by atoms with Crippen molar-refractivity contribution in [1.29, 1.82) is 0 Å². The number of allylic oxidation sites excluding steroid dienone is 1. The van der Waals surface area contributed by atoms with Gasteiger partial charge in [0.2, 0.25) is 0 Å². The van der Waals surface area contributed by atoms with Crippen molar-refractivity contribution in [1.82, 2.24) is 14.5 Å². The van der Waals surface area contributed by atoms with Crippen molar-refractivity contribution < 1.29 is 52.4 Å². The van der Waals surface area contributed by atoms with E-state index in [0.717, 1.165) is 4.57 Å². The van der Waals surface area contributed by atoms with Gasteiger partial charge in [0.25, 0.3) is 0 Å². The lowest BCUT2D eigenvalue weighted by Crippen LogP contribution is -2.60. The summed E-state index contributed by atoms with van der Waals surface area (Å²) in [5.74, 6) is -5.42. The third kappa shape index (κ3) is 9.71. The van der Waals surface area contributed by atoms with Crippen LogP contribution in [-0.2, 0) is 42.8 Å². The third-order valence-corrected chi connectivity index (χ3v) is 11.0. The van der Waals surface area contributed by atoms with Crippen LogP contribution < -0.4 is 0 Å². The number of benzene rings is 1. The first kappa shape index (κ1) is 44.2. The molecule has 56 heavy (non-hydrogen) atoms. The van der Waals surface area contributed by atoms with Gasteiger partial charge in [0.15, 0.2) is 29.6 Å². The minimum absolute atomic E-state index is 0.0512. The number of likely N-dealkylation sites (N-methyl/N-ethyl adjacent to an activating group) is 1. The summed E-state index contributed by atoms with van der Waals surface area (Å²) in [6.07, 6.45) is 1.86. The summed E-state index contributed by atoms with van der Waals surface area (Å²) in [5.41, 5.74) is -2.60. The number of hydrogen-bond acceptors (Lipinski definition) is 13. The minimum Gasteiger partial charge on any atom is -0.457 e. The molecule has 0 saturated carbocycles. The Balaban J connectivity index is 1.80. The van der Waals surface area contributed by atoms with Crippen molar-refractivity contribution >= 4 is 29.6 Å². The van der Waals surface area contributed by atoms with E-state index in [4.69, 9.17) is 28.4 Å². The van der Waals surface area contributed by atoms with Crippen molar-refractivity contribution in [2.75, 3.05) is 21.2 Å². The Hall–Kier alpha value is -4.50. The highest BCUT2D eigenvalue weighted by Gasteiger charge is 2.51. The normalized spacial score (nSPS) is 34.4. The first-order chi connectivity index (χ1) is 26.4. The first-order valence-electron chi connectivity index (χ1n) is 19.0. The quantitative estimate of drug-likeness (QED) is 0.134. The molecule has 1 aromatic heterocycles. The summed E-state index contributed by atoms with van der Waals surface area (Å²) in [5, 5.41) is 0. The van der Waals surface area contributed by atoms with Crippen molar-refractivity contribution in [2.24, 2.45) is 17.8 Å². The molecule has 4 rings (SSSR count). The molecule has 0 bridgehead atoms. The van der Waals surface area contributed by atoms with Crippen LogP contribution >= 0.6 is 0 Å². The van der Waals surface area contributed by atoms with Crippen LogP contribution in [0.2, 0.25) is 0 Å². The van der Waals surface area contributed by atoms with Gasteiger partial charge in [-0.3, -0.25) is 14.4 Å². The number of rotatable bonds is 9. The number of cyclic esters (lactones) is 1. The predicted octanol–water partition coefficient (Wildman–Crippen LogP) is 5.59. The standard InChI is InChI=1S/C42H57N3O11/c1-12-32-42(13-2,56-40(50)45-20-19-43-24-45)23-26(4)33(46)25(3)22-41(8,51-11)36(28(6)34(47)29(7)37(48)53-32)55-39-35(31(44(9)10)21-27(5)52-39)54-38(49)30-17-15-14-16-18-30/h13-20,23-25,27-29,31-32,35-36,39H,2,12,21-22H2,1,3-11H3/b26-23+/t25?,27?,28?,29?,31-,32?,35+,36+,39?,41-,42-/m0/s1. The lowest BCUT2D eigenvalue weighted by Gasteiger charge is -2.47. The van der Waals surface area contributed by atoms with Gasteiger partial charge in [-0.1, -0.05) is 45.5 Å². The van der Waals surface area contributed by atoms with Crippen LogP contribution in [-0.4, -0.2) is 113 Å². The second-order valence-corrected chi connectivity index (χ2v) is 15.3. The number of ketones is 2. The van der Waals surface area contributed by atoms with E-state index in [1.807, 2.05) is 25.9 Å². The van der Waals surface area contributed by atoms with Crippen molar-refractivity contribution in [2.45, 2.75) is 116 Å².